The first-order chi connectivity index (χ1) is 28.2. The smallest absolute Gasteiger partial charge is 0.164 e. The minimum Gasteiger partial charge on any atom is -0.208 e. The lowest BCUT2D eigenvalue weighted by molar-refractivity contribution is 1.07. The van der Waals surface area contributed by atoms with Gasteiger partial charge in [0.15, 0.2) is 17.5 Å². The highest BCUT2D eigenvalue weighted by atomic mass is 32.3. The Morgan fingerprint density at radius 2 is 0.684 bits per heavy atom. The van der Waals surface area contributed by atoms with E-state index in [0.717, 1.165) is 22.3 Å². The molecule has 0 saturated carbocycles. The Kier molecular flexibility index (Phi) is 7.90. The molecule has 1 aliphatic heterocycles. The van der Waals surface area contributed by atoms with Gasteiger partial charge in [-0.3, -0.25) is 0 Å². The van der Waals surface area contributed by atoms with Crippen LogP contribution in [0, 0.1) is 0 Å². The molecule has 0 unspecified atom stereocenters. The van der Waals surface area contributed by atoms with Crippen molar-refractivity contribution >= 4 is 31.6 Å². The Morgan fingerprint density at radius 3 is 1.25 bits per heavy atom. The van der Waals surface area contributed by atoms with Crippen molar-refractivity contribution in [3.05, 3.63) is 212 Å². The molecule has 57 heavy (non-hydrogen) atoms. The SMILES string of the molecule is c1ccc(-c2nc(-c3ccccc3)nc(-c3ccc(-c4ccc5c(c4)S(c4ccc6ccccc6c4)(c4ccc6ccccc6c4)c4ccccc4-5)cc3)n2)cc1. The third-order valence-corrected chi connectivity index (χ3v) is 15.1. The molecule has 0 bridgehead atoms. The van der Waals surface area contributed by atoms with E-state index in [1.807, 2.05) is 60.7 Å². The van der Waals surface area contributed by atoms with Crippen molar-refractivity contribution in [3.63, 3.8) is 0 Å². The highest BCUT2D eigenvalue weighted by Gasteiger charge is 2.42. The number of rotatable bonds is 6. The van der Waals surface area contributed by atoms with E-state index in [9.17, 15) is 0 Å². The normalized spacial score (nSPS) is 13.3. The molecule has 1 aromatic heterocycles. The van der Waals surface area contributed by atoms with Crippen molar-refractivity contribution in [2.24, 2.45) is 0 Å². The third-order valence-electron chi connectivity index (χ3n) is 11.1. The van der Waals surface area contributed by atoms with E-state index in [2.05, 4.69) is 152 Å². The van der Waals surface area contributed by atoms with Gasteiger partial charge in [0, 0.05) is 36.3 Å². The first kappa shape index (κ1) is 33.2. The molecule has 0 aliphatic carbocycles. The lowest BCUT2D eigenvalue weighted by Crippen LogP contribution is -2.02. The number of nitrogens with zero attached hydrogens (tertiary/aromatic N) is 3. The fraction of sp³-hybridized carbons (Fsp3) is 0. The van der Waals surface area contributed by atoms with Gasteiger partial charge in [-0.1, -0.05) is 176 Å². The van der Waals surface area contributed by atoms with E-state index in [1.165, 1.54) is 57.8 Å². The van der Waals surface area contributed by atoms with Crippen LogP contribution in [0.3, 0.4) is 0 Å². The van der Waals surface area contributed by atoms with Gasteiger partial charge in [0.05, 0.1) is 0 Å². The topological polar surface area (TPSA) is 38.7 Å². The molecule has 9 aromatic carbocycles. The third kappa shape index (κ3) is 5.56. The van der Waals surface area contributed by atoms with Crippen molar-refractivity contribution in [2.45, 2.75) is 19.6 Å². The zero-order valence-corrected chi connectivity index (χ0v) is 31.8. The fourth-order valence-corrected chi connectivity index (χ4v) is 12.6. The van der Waals surface area contributed by atoms with Crippen molar-refractivity contribution in [2.75, 3.05) is 0 Å². The van der Waals surface area contributed by atoms with Crippen LogP contribution >= 0.6 is 10.0 Å². The van der Waals surface area contributed by atoms with Crippen molar-refractivity contribution in [3.8, 4) is 56.4 Å². The summed E-state index contributed by atoms with van der Waals surface area (Å²) in [6, 6.07) is 76.8. The van der Waals surface area contributed by atoms with Gasteiger partial charge in [0.1, 0.15) is 0 Å². The molecule has 11 rings (SSSR count). The number of hydrogen-bond acceptors (Lipinski definition) is 3. The Morgan fingerprint density at radius 1 is 0.263 bits per heavy atom. The molecule has 0 spiro atoms. The zero-order valence-electron chi connectivity index (χ0n) is 31.0. The van der Waals surface area contributed by atoms with E-state index in [1.54, 1.807) is 0 Å². The van der Waals surface area contributed by atoms with Gasteiger partial charge in [0.2, 0.25) is 0 Å². The predicted octanol–water partition coefficient (Wildman–Crippen LogP) is 14.2. The van der Waals surface area contributed by atoms with Crippen LogP contribution in [0.25, 0.3) is 78.0 Å². The van der Waals surface area contributed by atoms with Crippen LogP contribution in [0.2, 0.25) is 0 Å². The average Bonchev–Trinajstić information content (AvgIpc) is 3.59. The van der Waals surface area contributed by atoms with Gasteiger partial charge in [-0.2, -0.15) is 0 Å². The minimum atomic E-state index is -1.89. The quantitative estimate of drug-likeness (QED) is 0.170. The number of hydrogen-bond donors (Lipinski definition) is 0. The van der Waals surface area contributed by atoms with E-state index < -0.39 is 10.0 Å². The fourth-order valence-electron chi connectivity index (χ4n) is 8.36. The summed E-state index contributed by atoms with van der Waals surface area (Å²) in [6.07, 6.45) is 0. The number of benzene rings is 9. The summed E-state index contributed by atoms with van der Waals surface area (Å²) in [4.78, 5) is 20.3. The van der Waals surface area contributed by atoms with Crippen LogP contribution in [-0.2, 0) is 0 Å². The van der Waals surface area contributed by atoms with Gasteiger partial charge < -0.3 is 0 Å². The van der Waals surface area contributed by atoms with Gasteiger partial charge in [0.25, 0.3) is 0 Å². The molecular weight excluding hydrogens is 711 g/mol. The van der Waals surface area contributed by atoms with E-state index in [0.29, 0.717) is 17.5 Å². The highest BCUT2D eigenvalue weighted by Crippen LogP contribution is 2.80. The molecule has 1 aliphatic rings. The first-order valence-electron chi connectivity index (χ1n) is 19.2. The molecule has 0 fully saturated rings. The van der Waals surface area contributed by atoms with Crippen molar-refractivity contribution in [1.82, 2.24) is 15.0 Å². The second-order valence-corrected chi connectivity index (χ2v) is 17.5. The van der Waals surface area contributed by atoms with Crippen LogP contribution < -0.4 is 0 Å². The molecule has 0 radical (unpaired) electrons. The van der Waals surface area contributed by atoms with Gasteiger partial charge >= 0.3 is 0 Å². The summed E-state index contributed by atoms with van der Waals surface area (Å²) < 4.78 is 0. The Hall–Kier alpha value is -7.14. The minimum absolute atomic E-state index is 0.648. The largest absolute Gasteiger partial charge is 0.208 e. The van der Waals surface area contributed by atoms with Crippen LogP contribution in [0.15, 0.2) is 232 Å². The average molecular weight is 746 g/mol. The summed E-state index contributed by atoms with van der Waals surface area (Å²) in [5.74, 6) is 1.96. The monoisotopic (exact) mass is 745 g/mol. The highest BCUT2D eigenvalue weighted by molar-refractivity contribution is 8.34. The van der Waals surface area contributed by atoms with Gasteiger partial charge in [-0.15, -0.1) is 10.0 Å². The molecule has 0 amide bonds. The number of fused-ring (bicyclic) bond motifs is 5. The first-order valence-corrected chi connectivity index (χ1v) is 20.9. The lowest BCUT2D eigenvalue weighted by atomic mass is 9.99. The maximum absolute atomic E-state index is 4.98. The molecule has 4 heteroatoms. The molecule has 0 N–H and O–H groups in total. The van der Waals surface area contributed by atoms with Crippen LogP contribution in [0.5, 0.6) is 0 Å². The van der Waals surface area contributed by atoms with Gasteiger partial charge in [-0.05, 0) is 80.2 Å². The standard InChI is InChI=1S/C53H35N3S/c1-3-15-39(16-4-1)51-54-52(40-17-5-2-6-18-40)56-53(55-51)41-25-23-38(24-26-41)44-29-32-48-47-21-11-12-22-49(47)57(50(48)35-44,45-30-27-36-13-7-9-19-42(36)33-45)46-31-28-37-14-8-10-20-43(37)34-46/h1-35H. The molecular formula is C53H35N3S. The predicted molar refractivity (Wildman–Crippen MR) is 236 cm³/mol. The molecule has 268 valence electrons. The maximum atomic E-state index is 4.98. The van der Waals surface area contributed by atoms with Crippen LogP contribution in [-0.4, -0.2) is 15.0 Å². The van der Waals surface area contributed by atoms with Crippen LogP contribution in [0.4, 0.5) is 0 Å². The molecule has 0 saturated heterocycles. The Bertz CT molecular complexity index is 2990. The van der Waals surface area contributed by atoms with E-state index in [4.69, 9.17) is 15.0 Å². The molecule has 0 atom stereocenters. The van der Waals surface area contributed by atoms with Crippen LogP contribution in [0.1, 0.15) is 0 Å². The van der Waals surface area contributed by atoms with Crippen molar-refractivity contribution in [1.29, 1.82) is 0 Å². The summed E-state index contributed by atoms with van der Waals surface area (Å²) in [5.41, 5.74) is 7.78. The maximum Gasteiger partial charge on any atom is 0.164 e. The zero-order chi connectivity index (χ0) is 37.8. The van der Waals surface area contributed by atoms with E-state index in [-0.39, 0.29) is 0 Å². The van der Waals surface area contributed by atoms with Gasteiger partial charge in [-0.25, -0.2) is 15.0 Å². The van der Waals surface area contributed by atoms with Crippen molar-refractivity contribution < 1.29 is 0 Å². The summed E-state index contributed by atoms with van der Waals surface area (Å²) in [7, 11) is -1.89. The molecule has 2 heterocycles. The molecule has 3 nitrogen and oxygen atoms in total. The Balaban J connectivity index is 1.08. The number of aromatic nitrogens is 3. The lowest BCUT2D eigenvalue weighted by Gasteiger charge is -2.39. The summed E-state index contributed by atoms with van der Waals surface area (Å²) in [5, 5.41) is 5.01. The molecule has 10 aromatic rings. The van der Waals surface area contributed by atoms with E-state index >= 15 is 0 Å². The Labute approximate surface area is 333 Å². The second kappa shape index (κ2) is 13.6. The second-order valence-electron chi connectivity index (χ2n) is 14.5. The summed E-state index contributed by atoms with van der Waals surface area (Å²) >= 11 is 0. The summed E-state index contributed by atoms with van der Waals surface area (Å²) in [6.45, 7) is 0.